The Balaban J connectivity index is 0.000000270. The molecule has 412 valence electrons. The first kappa shape index (κ1) is 61.9. The molecule has 2 bridgehead atoms. The van der Waals surface area contributed by atoms with Gasteiger partial charge in [-0.25, -0.2) is 13.8 Å². The standard InChI is InChI=1S/C27H25F2N5.C23H36N4O2.C4H9NO.CH3NO.CH4O.CH2O/c1-4-19-22(28)12-9-16-7-6-8-20(23(16)19)25-24(29)26(31-5-2)21(13-32-25)27(30-3)34-14-17-10-11-18(15-34)33-17;1-24-19-6-8-20(9-7-19)25-13-15-26(16-14-25)23(28)5-3-17-29-18-22-11-10-21-4-2-12-27(21)22;1-5-3-2-4-6;2-1-3;2*1-2/h1,6-9,12-13,17-18,33H,3,5,10-11,14-15H2,2H3;6-9,21-22,24H,2-5,10-18H2,1H3;4-5H,2-3H2,1H3;1H,(H2,2,3);2H,1H3;1H2/b27-21+,31-26?;;;;;. The number of terminal acetylenes is 1. The number of halogens is 2. The molecule has 6 aliphatic rings. The highest BCUT2D eigenvalue weighted by Crippen LogP contribution is 2.37. The highest BCUT2D eigenvalue weighted by atomic mass is 19.1. The maximum atomic E-state index is 16.1. The van der Waals surface area contributed by atoms with Crippen molar-refractivity contribution in [2.75, 3.05) is 104 Å². The summed E-state index contributed by atoms with van der Waals surface area (Å²) >= 11 is 0. The van der Waals surface area contributed by atoms with Crippen molar-refractivity contribution >= 4 is 71.9 Å². The Morgan fingerprint density at radius 3 is 2.28 bits per heavy atom. The van der Waals surface area contributed by atoms with Crippen LogP contribution in [-0.2, 0) is 23.9 Å². The van der Waals surface area contributed by atoms with Crippen molar-refractivity contribution < 1.29 is 37.8 Å². The van der Waals surface area contributed by atoms with E-state index in [0.29, 0.717) is 71.8 Å². The molecule has 0 aromatic heterocycles. The van der Waals surface area contributed by atoms with Crippen LogP contribution in [0.15, 0.2) is 86.8 Å². The zero-order valence-corrected chi connectivity index (χ0v) is 44.8. The number of hydrogen-bond acceptors (Lipinski definition) is 15. The summed E-state index contributed by atoms with van der Waals surface area (Å²) in [6.07, 6.45) is 18.0. The van der Waals surface area contributed by atoms with E-state index < -0.39 is 11.6 Å². The van der Waals surface area contributed by atoms with E-state index in [1.807, 2.05) is 38.8 Å². The number of nitrogens with one attached hydrogen (secondary N) is 3. The number of aliphatic imine (C=N–C) groups is 3. The zero-order chi connectivity index (χ0) is 55.4. The van der Waals surface area contributed by atoms with Crippen LogP contribution in [0.3, 0.4) is 0 Å². The monoisotopic (exact) mass is 1050 g/mol. The van der Waals surface area contributed by atoms with Gasteiger partial charge in [0.1, 0.15) is 36.1 Å². The lowest BCUT2D eigenvalue weighted by atomic mass is 9.94. The lowest BCUT2D eigenvalue weighted by Gasteiger charge is -2.36. The third-order valence-corrected chi connectivity index (χ3v) is 14.0. The van der Waals surface area contributed by atoms with Crippen LogP contribution in [0.4, 0.5) is 20.2 Å². The molecule has 76 heavy (non-hydrogen) atoms. The number of allylic oxidation sites excluding steroid dienone is 2. The third-order valence-electron chi connectivity index (χ3n) is 14.0. The van der Waals surface area contributed by atoms with Gasteiger partial charge in [-0.2, -0.15) is 0 Å². The molecule has 0 aliphatic carbocycles. The van der Waals surface area contributed by atoms with Crippen LogP contribution in [0.1, 0.15) is 75.8 Å². The number of nitrogens with zero attached hydrogens (tertiary/aromatic N) is 7. The fourth-order valence-electron chi connectivity index (χ4n) is 10.5. The molecule has 2 amide bonds. The number of likely N-dealkylation sites (tertiary alicyclic amines) is 1. The number of primary amides is 1. The number of carbonyl (C=O) groups excluding carboxylic acids is 4. The third kappa shape index (κ3) is 16.7. The molecule has 4 atom stereocenters. The van der Waals surface area contributed by atoms with Crippen LogP contribution >= 0.6 is 0 Å². The van der Waals surface area contributed by atoms with E-state index in [1.54, 1.807) is 24.4 Å². The smallest absolute Gasteiger partial charge is 0.222 e. The number of piperazine rings is 2. The lowest BCUT2D eigenvalue weighted by Crippen LogP contribution is -2.50. The Bertz CT molecular complexity index is 2500. The normalized spacial score (nSPS) is 21.4. The lowest BCUT2D eigenvalue weighted by molar-refractivity contribution is -0.131. The Morgan fingerprint density at radius 2 is 1.67 bits per heavy atom. The molecule has 6 aliphatic heterocycles. The van der Waals surface area contributed by atoms with Gasteiger partial charge in [-0.05, 0) is 108 Å². The number of rotatable bonds is 15. The Morgan fingerprint density at radius 1 is 0.974 bits per heavy atom. The molecule has 3 aromatic rings. The average molecular weight is 1050 g/mol. The molecule has 5 fully saturated rings. The van der Waals surface area contributed by atoms with Crippen LogP contribution in [0, 0.1) is 18.2 Å². The number of anilines is 2. The molecule has 19 heteroatoms. The zero-order valence-electron chi connectivity index (χ0n) is 44.8. The summed E-state index contributed by atoms with van der Waals surface area (Å²) in [5.74, 6) is 2.16. The Hall–Kier alpha value is -6.69. The number of amides is 2. The maximum Gasteiger partial charge on any atom is 0.222 e. The molecule has 6 heterocycles. The molecule has 4 unspecified atom stereocenters. The van der Waals surface area contributed by atoms with Crippen molar-refractivity contribution in [3.63, 3.8) is 0 Å². The second kappa shape index (κ2) is 33.4. The number of aliphatic hydroxyl groups excluding tert-OH is 1. The van der Waals surface area contributed by atoms with Crippen LogP contribution in [0.2, 0.25) is 0 Å². The van der Waals surface area contributed by atoms with Gasteiger partial charge in [0.05, 0.1) is 17.7 Å². The predicted molar refractivity (Wildman–Crippen MR) is 302 cm³/mol. The fraction of sp³-hybridized carbons (Fsp3) is 0.491. The van der Waals surface area contributed by atoms with E-state index >= 15 is 4.39 Å². The van der Waals surface area contributed by atoms with Crippen molar-refractivity contribution in [1.29, 1.82) is 0 Å². The average Bonchev–Trinajstić information content (AvgIpc) is 4.19. The van der Waals surface area contributed by atoms with Gasteiger partial charge >= 0.3 is 0 Å². The van der Waals surface area contributed by atoms with Gasteiger partial charge in [0.15, 0.2) is 5.83 Å². The quantitative estimate of drug-likeness (QED) is 0.0545. The van der Waals surface area contributed by atoms with Crippen molar-refractivity contribution in [3.8, 4) is 12.3 Å². The highest BCUT2D eigenvalue weighted by molar-refractivity contribution is 6.29. The number of aldehydes is 1. The molecule has 9 rings (SSSR count). The van der Waals surface area contributed by atoms with Gasteiger partial charge in [-0.1, -0.05) is 30.2 Å². The molecule has 0 saturated carbocycles. The second-order valence-electron chi connectivity index (χ2n) is 18.5. The van der Waals surface area contributed by atoms with Gasteiger partial charge < -0.3 is 55.8 Å². The number of fused-ring (bicyclic) bond motifs is 4. The van der Waals surface area contributed by atoms with Gasteiger partial charge in [0, 0.05) is 139 Å². The summed E-state index contributed by atoms with van der Waals surface area (Å²) in [6, 6.07) is 18.9. The van der Waals surface area contributed by atoms with Crippen LogP contribution in [-0.4, -0.2) is 181 Å². The predicted octanol–water partition coefficient (Wildman–Crippen LogP) is 5.61. The molecular formula is C57H79F2N11O6. The summed E-state index contributed by atoms with van der Waals surface area (Å²) in [7, 11) is 4.76. The molecular weight excluding hydrogens is 973 g/mol. The fourth-order valence-corrected chi connectivity index (χ4v) is 10.5. The second-order valence-corrected chi connectivity index (χ2v) is 18.5. The first-order valence-corrected chi connectivity index (χ1v) is 26.1. The van der Waals surface area contributed by atoms with E-state index in [9.17, 15) is 14.0 Å². The van der Waals surface area contributed by atoms with Gasteiger partial charge in [0.25, 0.3) is 0 Å². The van der Waals surface area contributed by atoms with E-state index in [2.05, 4.69) is 88.3 Å². The topological polar surface area (TPSA) is 210 Å². The first-order chi connectivity index (χ1) is 37.1. The summed E-state index contributed by atoms with van der Waals surface area (Å²) in [6.45, 7) is 16.6. The Labute approximate surface area is 447 Å². The molecule has 5 saturated heterocycles. The van der Waals surface area contributed by atoms with Gasteiger partial charge in [-0.15, -0.1) is 6.42 Å². The molecule has 0 radical (unpaired) electrons. The minimum absolute atomic E-state index is 0.0763. The summed E-state index contributed by atoms with van der Waals surface area (Å²) in [5, 5.41) is 17.7. The molecule has 0 spiro atoms. The van der Waals surface area contributed by atoms with Gasteiger partial charge in [-0.3, -0.25) is 24.5 Å². The SMILES string of the molecule is C#Cc1c(F)ccc2cccc(C3=C(F)C(=NCC)/C(=C(\N=C)N4CC5CCC(C4)N5)C=N3)c12.C=O.CNCCC=O.CNc1ccc(N2CCN(C(=O)CCCOCC3CCC4CCCN43)CC2)cc1.CO.NC=O. The van der Waals surface area contributed by atoms with Crippen LogP contribution in [0.25, 0.3) is 16.5 Å². The number of ether oxygens (including phenoxy) is 1. The highest BCUT2D eigenvalue weighted by Gasteiger charge is 2.37. The minimum Gasteiger partial charge on any atom is -0.400 e. The van der Waals surface area contributed by atoms with E-state index in [-0.39, 0.29) is 29.3 Å². The van der Waals surface area contributed by atoms with Crippen LogP contribution < -0.4 is 26.6 Å². The van der Waals surface area contributed by atoms with Gasteiger partial charge in [0.2, 0.25) is 12.3 Å². The number of carbonyl (C=O) groups is 4. The summed E-state index contributed by atoms with van der Waals surface area (Å²) < 4.78 is 36.5. The van der Waals surface area contributed by atoms with Crippen molar-refractivity contribution in [1.82, 2.24) is 25.3 Å². The van der Waals surface area contributed by atoms with Crippen molar-refractivity contribution in [3.05, 3.63) is 88.8 Å². The maximum absolute atomic E-state index is 16.1. The minimum atomic E-state index is -0.585. The molecule has 3 aromatic carbocycles. The summed E-state index contributed by atoms with van der Waals surface area (Å²) in [4.78, 5) is 61.0. The number of aliphatic hydroxyl groups is 1. The van der Waals surface area contributed by atoms with E-state index in [1.165, 1.54) is 44.0 Å². The molecule has 6 N–H and O–H groups in total. The van der Waals surface area contributed by atoms with Crippen LogP contribution in [0.5, 0.6) is 0 Å². The largest absolute Gasteiger partial charge is 0.400 e. The first-order valence-electron chi connectivity index (χ1n) is 26.1. The van der Waals surface area contributed by atoms with E-state index in [4.69, 9.17) is 25.9 Å². The van der Waals surface area contributed by atoms with Crippen molar-refractivity contribution in [2.24, 2.45) is 20.7 Å². The van der Waals surface area contributed by atoms with E-state index in [0.717, 1.165) is 96.8 Å². The van der Waals surface area contributed by atoms with Crippen molar-refractivity contribution in [2.45, 2.75) is 88.9 Å². The number of hydrogen-bond donors (Lipinski definition) is 5. The number of nitrogens with two attached hydrogens (primary N) is 1. The molecule has 17 nitrogen and oxygen atoms in total. The number of benzene rings is 3. The summed E-state index contributed by atoms with van der Waals surface area (Å²) in [5.41, 5.74) is 7.79. The Kier molecular flexibility index (Phi) is 27.2.